The summed E-state index contributed by atoms with van der Waals surface area (Å²) in [5, 5.41) is 9.64. The number of rotatable bonds is 9. The fourth-order valence-electron chi connectivity index (χ4n) is 5.85. The summed E-state index contributed by atoms with van der Waals surface area (Å²) in [6.45, 7) is 6.92. The SMILES string of the molecule is C=CC(=O)NCCNc1nc(OCC23CCCN2CCC3)nc2c(F)c(-c3cccc4ccsc34)ccc12. The summed E-state index contributed by atoms with van der Waals surface area (Å²) in [6.07, 6.45) is 5.75. The van der Waals surface area contributed by atoms with E-state index in [1.807, 2.05) is 35.7 Å². The number of hydrogen-bond donors (Lipinski definition) is 2. The molecule has 0 saturated carbocycles. The van der Waals surface area contributed by atoms with E-state index in [4.69, 9.17) is 4.74 Å². The fourth-order valence-corrected chi connectivity index (χ4v) is 6.78. The number of carbonyl (C=O) groups excluding carboxylic acids is 1. The van der Waals surface area contributed by atoms with Crippen LogP contribution in [0.2, 0.25) is 0 Å². The number of ether oxygens (including phenoxy) is 1. The van der Waals surface area contributed by atoms with Crippen LogP contribution >= 0.6 is 11.3 Å². The summed E-state index contributed by atoms with van der Waals surface area (Å²) in [4.78, 5) is 23.3. The van der Waals surface area contributed by atoms with Gasteiger partial charge in [-0.1, -0.05) is 30.8 Å². The van der Waals surface area contributed by atoms with Gasteiger partial charge in [-0.2, -0.15) is 9.97 Å². The van der Waals surface area contributed by atoms with Crippen molar-refractivity contribution in [2.24, 2.45) is 0 Å². The summed E-state index contributed by atoms with van der Waals surface area (Å²) in [7, 11) is 0. The molecule has 0 aliphatic carbocycles. The molecule has 2 N–H and O–H groups in total. The molecule has 196 valence electrons. The third-order valence-corrected chi connectivity index (χ3v) is 8.70. The van der Waals surface area contributed by atoms with Gasteiger partial charge in [0.1, 0.15) is 17.9 Å². The number of nitrogens with one attached hydrogen (secondary N) is 2. The van der Waals surface area contributed by atoms with Crippen molar-refractivity contribution in [2.75, 3.05) is 38.1 Å². The summed E-state index contributed by atoms with van der Waals surface area (Å²) >= 11 is 1.59. The lowest BCUT2D eigenvalue weighted by molar-refractivity contribution is -0.116. The number of anilines is 1. The van der Waals surface area contributed by atoms with Crippen molar-refractivity contribution in [3.8, 4) is 17.1 Å². The van der Waals surface area contributed by atoms with Crippen LogP contribution in [-0.4, -0.2) is 59.1 Å². The van der Waals surface area contributed by atoms with Gasteiger partial charge < -0.3 is 15.4 Å². The van der Waals surface area contributed by atoms with Crippen LogP contribution in [0.3, 0.4) is 0 Å². The van der Waals surface area contributed by atoms with Gasteiger partial charge in [0.2, 0.25) is 5.91 Å². The zero-order valence-corrected chi connectivity index (χ0v) is 22.0. The van der Waals surface area contributed by atoms with E-state index in [1.165, 1.54) is 6.08 Å². The fraction of sp³-hybridized carbons (Fsp3) is 0.345. The van der Waals surface area contributed by atoms with Crippen molar-refractivity contribution >= 4 is 44.1 Å². The minimum Gasteiger partial charge on any atom is -0.461 e. The largest absolute Gasteiger partial charge is 0.461 e. The van der Waals surface area contributed by atoms with Crippen LogP contribution in [0.5, 0.6) is 6.01 Å². The minimum atomic E-state index is -0.403. The maximum absolute atomic E-state index is 16.2. The molecule has 38 heavy (non-hydrogen) atoms. The Morgan fingerprint density at radius 2 is 1.97 bits per heavy atom. The first-order valence-electron chi connectivity index (χ1n) is 13.1. The van der Waals surface area contributed by atoms with Gasteiger partial charge in [0.25, 0.3) is 0 Å². The predicted octanol–water partition coefficient (Wildman–Crippen LogP) is 5.37. The Balaban J connectivity index is 1.36. The highest BCUT2D eigenvalue weighted by Gasteiger charge is 2.45. The average Bonchev–Trinajstić information content (AvgIpc) is 3.66. The lowest BCUT2D eigenvalue weighted by Gasteiger charge is -2.31. The minimum absolute atomic E-state index is 0.0239. The lowest BCUT2D eigenvalue weighted by atomic mass is 9.95. The van der Waals surface area contributed by atoms with Gasteiger partial charge in [-0.3, -0.25) is 9.69 Å². The second kappa shape index (κ2) is 10.3. The van der Waals surface area contributed by atoms with Crippen LogP contribution in [0, 0.1) is 5.82 Å². The second-order valence-corrected chi connectivity index (χ2v) is 10.9. The normalized spacial score (nSPS) is 16.6. The van der Waals surface area contributed by atoms with Crippen LogP contribution in [0.1, 0.15) is 25.7 Å². The zero-order chi connectivity index (χ0) is 26.1. The molecule has 2 saturated heterocycles. The monoisotopic (exact) mass is 531 g/mol. The molecule has 4 heterocycles. The molecular formula is C29H30FN5O2S. The third kappa shape index (κ3) is 4.50. The van der Waals surface area contributed by atoms with Gasteiger partial charge in [0.05, 0.1) is 5.54 Å². The number of amides is 1. The van der Waals surface area contributed by atoms with Crippen molar-refractivity contribution in [1.29, 1.82) is 0 Å². The summed E-state index contributed by atoms with van der Waals surface area (Å²) in [6, 6.07) is 11.8. The van der Waals surface area contributed by atoms with E-state index in [0.29, 0.717) is 36.5 Å². The Morgan fingerprint density at radius 3 is 2.79 bits per heavy atom. The first-order chi connectivity index (χ1) is 18.6. The Morgan fingerprint density at radius 1 is 1.13 bits per heavy atom. The standard InChI is InChI=1S/C29H30FN5O2S/c1-2-23(36)31-13-14-32-27-22-9-8-20(21-7-3-6-19-10-17-38-26(19)21)24(30)25(22)33-28(34-27)37-18-29-11-4-15-35(29)16-5-12-29/h2-3,6-10,17H,1,4-5,11-16,18H2,(H,31,36)(H,32,33,34). The van der Waals surface area contributed by atoms with E-state index in [-0.39, 0.29) is 23.0 Å². The van der Waals surface area contributed by atoms with Crippen molar-refractivity contribution in [3.05, 3.63) is 60.3 Å². The highest BCUT2D eigenvalue weighted by atomic mass is 32.1. The summed E-state index contributed by atoms with van der Waals surface area (Å²) in [5.74, 6) is -0.177. The molecule has 0 radical (unpaired) electrons. The smallest absolute Gasteiger partial charge is 0.319 e. The molecule has 7 nitrogen and oxygen atoms in total. The number of halogens is 1. The topological polar surface area (TPSA) is 79.4 Å². The molecule has 2 fully saturated rings. The Kier molecular flexibility index (Phi) is 6.71. The molecule has 6 rings (SSSR count). The number of aromatic nitrogens is 2. The molecule has 0 unspecified atom stereocenters. The number of benzene rings is 2. The van der Waals surface area contributed by atoms with Gasteiger partial charge in [-0.15, -0.1) is 11.3 Å². The number of thiophene rings is 1. The molecule has 2 aliphatic rings. The van der Waals surface area contributed by atoms with Gasteiger partial charge >= 0.3 is 6.01 Å². The molecule has 2 aromatic carbocycles. The van der Waals surface area contributed by atoms with Crippen molar-refractivity contribution in [2.45, 2.75) is 31.2 Å². The highest BCUT2D eigenvalue weighted by molar-refractivity contribution is 7.17. The van der Waals surface area contributed by atoms with E-state index < -0.39 is 5.82 Å². The molecule has 0 bridgehead atoms. The molecule has 0 atom stereocenters. The Bertz CT molecular complexity index is 1510. The maximum atomic E-state index is 16.2. The van der Waals surface area contributed by atoms with Gasteiger partial charge in [0, 0.05) is 34.3 Å². The number of nitrogens with zero attached hydrogens (tertiary/aromatic N) is 3. The van der Waals surface area contributed by atoms with Crippen molar-refractivity contribution in [3.63, 3.8) is 0 Å². The van der Waals surface area contributed by atoms with E-state index in [0.717, 1.165) is 54.4 Å². The predicted molar refractivity (Wildman–Crippen MR) is 150 cm³/mol. The molecule has 2 aliphatic heterocycles. The average molecular weight is 532 g/mol. The molecule has 1 amide bonds. The third-order valence-electron chi connectivity index (χ3n) is 7.74. The molecule has 9 heteroatoms. The maximum Gasteiger partial charge on any atom is 0.319 e. The lowest BCUT2D eigenvalue weighted by Crippen LogP contribution is -2.43. The Labute approximate surface area is 224 Å². The summed E-state index contributed by atoms with van der Waals surface area (Å²) < 4.78 is 23.4. The van der Waals surface area contributed by atoms with Crippen molar-refractivity contribution < 1.29 is 13.9 Å². The van der Waals surface area contributed by atoms with Crippen molar-refractivity contribution in [1.82, 2.24) is 20.2 Å². The van der Waals surface area contributed by atoms with Crippen LogP contribution in [0.4, 0.5) is 10.2 Å². The number of carbonyl (C=O) groups is 1. The quantitative estimate of drug-likeness (QED) is 0.223. The van der Waals surface area contributed by atoms with Gasteiger partial charge in [-0.25, -0.2) is 4.39 Å². The molecule has 0 spiro atoms. The van der Waals surface area contributed by atoms with E-state index in [9.17, 15) is 4.79 Å². The first-order valence-corrected chi connectivity index (χ1v) is 13.9. The van der Waals surface area contributed by atoms with Crippen LogP contribution in [0.25, 0.3) is 32.1 Å². The Hall–Kier alpha value is -3.56. The number of hydrogen-bond acceptors (Lipinski definition) is 7. The second-order valence-electron chi connectivity index (χ2n) is 9.95. The first kappa shape index (κ1) is 24.8. The van der Waals surface area contributed by atoms with Gasteiger partial charge in [0.15, 0.2) is 5.82 Å². The van der Waals surface area contributed by atoms with Crippen LogP contribution in [-0.2, 0) is 4.79 Å². The van der Waals surface area contributed by atoms with Crippen LogP contribution < -0.4 is 15.4 Å². The van der Waals surface area contributed by atoms with E-state index in [2.05, 4.69) is 32.1 Å². The van der Waals surface area contributed by atoms with Crippen LogP contribution in [0.15, 0.2) is 54.4 Å². The molecule has 4 aromatic rings. The molecule has 2 aromatic heterocycles. The number of fused-ring (bicyclic) bond motifs is 3. The molecular weight excluding hydrogens is 501 g/mol. The van der Waals surface area contributed by atoms with E-state index in [1.54, 1.807) is 17.4 Å². The summed E-state index contributed by atoms with van der Waals surface area (Å²) in [5.41, 5.74) is 1.57. The highest BCUT2D eigenvalue weighted by Crippen LogP contribution is 2.40. The van der Waals surface area contributed by atoms with E-state index >= 15 is 4.39 Å². The zero-order valence-electron chi connectivity index (χ0n) is 21.1. The van der Waals surface area contributed by atoms with Gasteiger partial charge in [-0.05, 0) is 67.7 Å².